The number of nitrogen functional groups attached to an aromatic ring is 1. The van der Waals surface area contributed by atoms with Crippen molar-refractivity contribution in [1.82, 2.24) is 0 Å². The van der Waals surface area contributed by atoms with E-state index in [2.05, 4.69) is 0 Å². The summed E-state index contributed by atoms with van der Waals surface area (Å²) in [7, 11) is 0. The van der Waals surface area contributed by atoms with E-state index in [1.165, 1.54) is 0 Å². The third-order valence-corrected chi connectivity index (χ3v) is 2.32. The Morgan fingerprint density at radius 3 is 2.25 bits per heavy atom. The Bertz CT molecular complexity index is 503. The summed E-state index contributed by atoms with van der Waals surface area (Å²) in [5.74, 6) is 0.121. The van der Waals surface area contributed by atoms with Crippen LogP contribution in [0, 0.1) is 0 Å². The molecule has 2 aromatic carbocycles. The van der Waals surface area contributed by atoms with Crippen LogP contribution in [0.5, 0.6) is 5.75 Å². The second-order valence-corrected chi connectivity index (χ2v) is 3.56. The van der Waals surface area contributed by atoms with Crippen LogP contribution in [0.1, 0.15) is 11.1 Å². The Hall–Kier alpha value is -2.22. The molecule has 2 heteroatoms. The molecule has 0 unspecified atom stereocenters. The van der Waals surface area contributed by atoms with Crippen LogP contribution in [-0.4, -0.2) is 5.11 Å². The van der Waals surface area contributed by atoms with Crippen LogP contribution in [0.3, 0.4) is 0 Å². The second-order valence-electron chi connectivity index (χ2n) is 3.56. The summed E-state index contributed by atoms with van der Waals surface area (Å²) in [5, 5.41) is 9.44. The van der Waals surface area contributed by atoms with Crippen molar-refractivity contribution in [1.29, 1.82) is 0 Å². The first-order chi connectivity index (χ1) is 7.75. The molecule has 0 bridgehead atoms. The van der Waals surface area contributed by atoms with Gasteiger partial charge in [-0.05, 0) is 23.3 Å². The van der Waals surface area contributed by atoms with Crippen molar-refractivity contribution in [2.75, 3.05) is 5.73 Å². The fourth-order valence-corrected chi connectivity index (χ4v) is 1.42. The number of rotatable bonds is 2. The molecule has 0 aromatic heterocycles. The molecule has 0 spiro atoms. The molecule has 0 aliphatic heterocycles. The van der Waals surface area contributed by atoms with Crippen molar-refractivity contribution in [3.8, 4) is 5.75 Å². The molecule has 3 N–H and O–H groups in total. The first-order valence-corrected chi connectivity index (χ1v) is 5.07. The van der Waals surface area contributed by atoms with Crippen molar-refractivity contribution in [3.05, 3.63) is 59.7 Å². The van der Waals surface area contributed by atoms with Crippen LogP contribution in [-0.2, 0) is 0 Å². The molecule has 0 saturated heterocycles. The van der Waals surface area contributed by atoms with Gasteiger partial charge in [0.15, 0.2) is 0 Å². The Morgan fingerprint density at radius 2 is 1.56 bits per heavy atom. The normalized spacial score (nSPS) is 10.8. The smallest absolute Gasteiger partial charge is 0.139 e. The highest BCUT2D eigenvalue weighted by Gasteiger charge is 1.95. The van der Waals surface area contributed by atoms with Gasteiger partial charge in [0.25, 0.3) is 0 Å². The minimum atomic E-state index is 0.121. The highest BCUT2D eigenvalue weighted by molar-refractivity contribution is 5.71. The van der Waals surface area contributed by atoms with E-state index in [1.807, 2.05) is 48.6 Å². The van der Waals surface area contributed by atoms with E-state index >= 15 is 0 Å². The van der Waals surface area contributed by atoms with Crippen LogP contribution in [0.2, 0.25) is 0 Å². The van der Waals surface area contributed by atoms with Crippen LogP contribution in [0.4, 0.5) is 5.69 Å². The summed E-state index contributed by atoms with van der Waals surface area (Å²) in [4.78, 5) is 0. The second kappa shape index (κ2) is 4.53. The molecule has 0 saturated carbocycles. The maximum Gasteiger partial charge on any atom is 0.139 e. The van der Waals surface area contributed by atoms with Crippen LogP contribution in [0.25, 0.3) is 12.2 Å². The zero-order valence-electron chi connectivity index (χ0n) is 8.80. The molecule has 16 heavy (non-hydrogen) atoms. The number of phenols is 1. The van der Waals surface area contributed by atoms with Crippen LogP contribution < -0.4 is 5.73 Å². The van der Waals surface area contributed by atoms with E-state index in [0.717, 1.165) is 11.1 Å². The van der Waals surface area contributed by atoms with Gasteiger partial charge in [-0.3, -0.25) is 0 Å². The van der Waals surface area contributed by atoms with Gasteiger partial charge < -0.3 is 10.8 Å². The van der Waals surface area contributed by atoms with Crippen molar-refractivity contribution in [3.63, 3.8) is 0 Å². The van der Waals surface area contributed by atoms with E-state index in [-0.39, 0.29) is 5.75 Å². The first-order valence-electron chi connectivity index (χ1n) is 5.07. The predicted molar refractivity (Wildman–Crippen MR) is 67.9 cm³/mol. The number of phenolic OH excluding ortho intramolecular Hbond substituents is 1. The molecule has 2 nitrogen and oxygen atoms in total. The molecular weight excluding hydrogens is 198 g/mol. The predicted octanol–water partition coefficient (Wildman–Crippen LogP) is 3.14. The number of hydrogen-bond acceptors (Lipinski definition) is 2. The van der Waals surface area contributed by atoms with Gasteiger partial charge >= 0.3 is 0 Å². The van der Waals surface area contributed by atoms with Gasteiger partial charge in [-0.15, -0.1) is 0 Å². The topological polar surface area (TPSA) is 46.2 Å². The molecule has 2 rings (SSSR count). The number of benzene rings is 2. The molecule has 0 heterocycles. The lowest BCUT2D eigenvalue weighted by Gasteiger charge is -1.99. The van der Waals surface area contributed by atoms with Crippen molar-refractivity contribution in [2.24, 2.45) is 0 Å². The quantitative estimate of drug-likeness (QED) is 0.455. The molecule has 0 atom stereocenters. The molecule has 0 aliphatic carbocycles. The lowest BCUT2D eigenvalue weighted by molar-refractivity contribution is 0.478. The van der Waals surface area contributed by atoms with E-state index in [1.54, 1.807) is 12.1 Å². The monoisotopic (exact) mass is 211 g/mol. The Balaban J connectivity index is 2.21. The SMILES string of the molecule is Nc1ccc(/C=C/c2ccccc2)cc1O. The van der Waals surface area contributed by atoms with Gasteiger partial charge in [0.05, 0.1) is 5.69 Å². The summed E-state index contributed by atoms with van der Waals surface area (Å²) in [6.07, 6.45) is 3.93. The molecule has 0 aliphatic rings. The standard InChI is InChI=1S/C14H13NO/c15-13-9-8-12(10-14(13)16)7-6-11-4-2-1-3-5-11/h1-10,16H,15H2/b7-6+. The zero-order chi connectivity index (χ0) is 11.4. The summed E-state index contributed by atoms with van der Waals surface area (Å²) in [5.41, 5.74) is 7.97. The van der Waals surface area contributed by atoms with E-state index in [9.17, 15) is 5.11 Å². The minimum absolute atomic E-state index is 0.121. The lowest BCUT2D eigenvalue weighted by atomic mass is 10.1. The van der Waals surface area contributed by atoms with E-state index in [4.69, 9.17) is 5.73 Å². The summed E-state index contributed by atoms with van der Waals surface area (Å²) < 4.78 is 0. The third kappa shape index (κ3) is 2.42. The van der Waals surface area contributed by atoms with Gasteiger partial charge in [-0.1, -0.05) is 48.6 Å². The van der Waals surface area contributed by atoms with Crippen molar-refractivity contribution < 1.29 is 5.11 Å². The summed E-state index contributed by atoms with van der Waals surface area (Å²) in [6, 6.07) is 15.2. The van der Waals surface area contributed by atoms with Gasteiger partial charge in [0, 0.05) is 0 Å². The third-order valence-electron chi connectivity index (χ3n) is 2.32. The zero-order valence-corrected chi connectivity index (χ0v) is 8.80. The maximum atomic E-state index is 9.44. The molecular formula is C14H13NO. The first kappa shape index (κ1) is 10.3. The van der Waals surface area contributed by atoms with Gasteiger partial charge in [-0.2, -0.15) is 0 Å². The van der Waals surface area contributed by atoms with Crippen molar-refractivity contribution in [2.45, 2.75) is 0 Å². The Kier molecular flexibility index (Phi) is 2.92. The summed E-state index contributed by atoms with van der Waals surface area (Å²) in [6.45, 7) is 0. The average Bonchev–Trinajstić information content (AvgIpc) is 2.32. The van der Waals surface area contributed by atoms with Crippen molar-refractivity contribution >= 4 is 17.8 Å². The summed E-state index contributed by atoms with van der Waals surface area (Å²) >= 11 is 0. The average molecular weight is 211 g/mol. The highest BCUT2D eigenvalue weighted by Crippen LogP contribution is 2.21. The Labute approximate surface area is 94.7 Å². The molecule has 80 valence electrons. The number of hydrogen-bond donors (Lipinski definition) is 2. The van der Waals surface area contributed by atoms with E-state index < -0.39 is 0 Å². The number of nitrogens with two attached hydrogens (primary N) is 1. The van der Waals surface area contributed by atoms with Crippen LogP contribution >= 0.6 is 0 Å². The lowest BCUT2D eigenvalue weighted by Crippen LogP contribution is -1.84. The number of anilines is 1. The highest BCUT2D eigenvalue weighted by atomic mass is 16.3. The van der Waals surface area contributed by atoms with E-state index in [0.29, 0.717) is 5.69 Å². The molecule has 0 amide bonds. The van der Waals surface area contributed by atoms with Gasteiger partial charge in [-0.25, -0.2) is 0 Å². The van der Waals surface area contributed by atoms with Crippen LogP contribution in [0.15, 0.2) is 48.5 Å². The largest absolute Gasteiger partial charge is 0.506 e. The molecule has 0 radical (unpaired) electrons. The van der Waals surface area contributed by atoms with Gasteiger partial charge in [0.1, 0.15) is 5.75 Å². The Morgan fingerprint density at radius 1 is 0.875 bits per heavy atom. The maximum absolute atomic E-state index is 9.44. The van der Waals surface area contributed by atoms with Gasteiger partial charge in [0.2, 0.25) is 0 Å². The fraction of sp³-hybridized carbons (Fsp3) is 0. The fourth-order valence-electron chi connectivity index (χ4n) is 1.42. The number of aromatic hydroxyl groups is 1. The molecule has 0 fully saturated rings. The minimum Gasteiger partial charge on any atom is -0.506 e. The molecule has 2 aromatic rings.